The highest BCUT2D eigenvalue weighted by atomic mass is 127. The van der Waals surface area contributed by atoms with Gasteiger partial charge in [0, 0.05) is 31.2 Å². The second-order valence-electron chi connectivity index (χ2n) is 6.75. The molecule has 0 atom stereocenters. The molecule has 0 saturated carbocycles. The van der Waals surface area contributed by atoms with Crippen LogP contribution in [0.4, 0.5) is 0 Å². The number of nitrogens with one attached hydrogen (secondary N) is 1. The molecule has 1 aliphatic heterocycles. The largest absolute Gasteiger partial charge is 0.357 e. The van der Waals surface area contributed by atoms with E-state index < -0.39 is 0 Å². The highest BCUT2D eigenvalue weighted by Crippen LogP contribution is 2.19. The molecule has 0 unspecified atom stereocenters. The maximum absolute atomic E-state index is 4.85. The van der Waals surface area contributed by atoms with E-state index in [1.165, 1.54) is 37.9 Å². The van der Waals surface area contributed by atoms with E-state index in [-0.39, 0.29) is 24.0 Å². The van der Waals surface area contributed by atoms with Crippen LogP contribution in [0.3, 0.4) is 0 Å². The van der Waals surface area contributed by atoms with E-state index in [0.29, 0.717) is 0 Å². The zero-order valence-electron chi connectivity index (χ0n) is 15.7. The van der Waals surface area contributed by atoms with Crippen LogP contribution in [0, 0.1) is 5.92 Å². The average Bonchev–Trinajstić information content (AvgIpc) is 2.58. The van der Waals surface area contributed by atoms with Crippen molar-refractivity contribution < 1.29 is 0 Å². The summed E-state index contributed by atoms with van der Waals surface area (Å²) in [4.78, 5) is 9.48. The fraction of sp³-hybridized carbons (Fsp3) is 0.632. The lowest BCUT2D eigenvalue weighted by Crippen LogP contribution is -2.38. The Labute approximate surface area is 178 Å². The van der Waals surface area contributed by atoms with Crippen molar-refractivity contribution in [2.24, 2.45) is 10.9 Å². The fourth-order valence-electron chi connectivity index (χ4n) is 3.11. The molecular weight excluding hydrogens is 491 g/mol. The Morgan fingerprint density at radius 2 is 1.92 bits per heavy atom. The minimum absolute atomic E-state index is 0. The molecule has 0 bridgehead atoms. The summed E-state index contributed by atoms with van der Waals surface area (Å²) in [7, 11) is 4.33. The minimum atomic E-state index is 0. The Morgan fingerprint density at radius 1 is 1.28 bits per heavy atom. The first-order valence-electron chi connectivity index (χ1n) is 9.01. The molecule has 1 aromatic rings. The molecule has 1 heterocycles. The average molecular weight is 523 g/mol. The Hall–Kier alpha value is -0.340. The topological polar surface area (TPSA) is 30.9 Å². The number of piperidine rings is 1. The van der Waals surface area contributed by atoms with E-state index in [1.807, 2.05) is 0 Å². The van der Waals surface area contributed by atoms with Gasteiger partial charge in [-0.1, -0.05) is 28.1 Å². The van der Waals surface area contributed by atoms with Crippen molar-refractivity contribution in [1.29, 1.82) is 0 Å². The zero-order valence-corrected chi connectivity index (χ0v) is 19.6. The smallest absolute Gasteiger partial charge is 0.193 e. The molecule has 0 amide bonds. The summed E-state index contributed by atoms with van der Waals surface area (Å²) in [6.07, 6.45) is 3.84. The molecule has 25 heavy (non-hydrogen) atoms. The van der Waals surface area contributed by atoms with Gasteiger partial charge < -0.3 is 15.1 Å². The predicted octanol–water partition coefficient (Wildman–Crippen LogP) is 4.20. The fourth-order valence-corrected chi connectivity index (χ4v) is 3.38. The molecule has 1 fully saturated rings. The standard InChI is InChI=1S/C19H31BrN4.HI/c1-4-21-19(22-12-9-16-10-13-23(2)14-11-16)24(3)15-17-5-7-18(20)8-6-17;/h5-8,16H,4,9-15H2,1-3H3,(H,21,22);1H. The number of guanidine groups is 1. The number of hydrogen-bond donors (Lipinski definition) is 1. The zero-order chi connectivity index (χ0) is 17.4. The molecular formula is C19H32BrIN4. The van der Waals surface area contributed by atoms with Gasteiger partial charge in [-0.3, -0.25) is 4.99 Å². The molecule has 0 aromatic heterocycles. The van der Waals surface area contributed by atoms with Crippen molar-refractivity contribution in [2.45, 2.75) is 32.7 Å². The number of rotatable bonds is 6. The third-order valence-corrected chi connectivity index (χ3v) is 5.20. The SMILES string of the molecule is CCNC(=NCCC1CCN(C)CC1)N(C)Cc1ccc(Br)cc1.I. The summed E-state index contributed by atoms with van der Waals surface area (Å²) in [5.74, 6) is 1.85. The van der Waals surface area contributed by atoms with Crippen molar-refractivity contribution in [3.8, 4) is 0 Å². The van der Waals surface area contributed by atoms with Crippen molar-refractivity contribution in [3.05, 3.63) is 34.3 Å². The molecule has 4 nitrogen and oxygen atoms in total. The van der Waals surface area contributed by atoms with Crippen molar-refractivity contribution in [2.75, 3.05) is 40.3 Å². The van der Waals surface area contributed by atoms with E-state index in [0.717, 1.165) is 36.0 Å². The quantitative estimate of drug-likeness (QED) is 0.345. The summed E-state index contributed by atoms with van der Waals surface area (Å²) >= 11 is 3.49. The molecule has 1 N–H and O–H groups in total. The van der Waals surface area contributed by atoms with E-state index >= 15 is 0 Å². The van der Waals surface area contributed by atoms with Crippen molar-refractivity contribution in [3.63, 3.8) is 0 Å². The second kappa shape index (κ2) is 12.1. The molecule has 1 saturated heterocycles. The molecule has 0 spiro atoms. The molecule has 1 aromatic carbocycles. The maximum atomic E-state index is 4.85. The number of hydrogen-bond acceptors (Lipinski definition) is 2. The minimum Gasteiger partial charge on any atom is -0.357 e. The van der Waals surface area contributed by atoms with Crippen LogP contribution in [0.25, 0.3) is 0 Å². The number of halogens is 2. The molecule has 2 rings (SSSR count). The van der Waals surface area contributed by atoms with Gasteiger partial charge in [-0.2, -0.15) is 0 Å². The summed E-state index contributed by atoms with van der Waals surface area (Å²) in [5.41, 5.74) is 1.29. The highest BCUT2D eigenvalue weighted by molar-refractivity contribution is 14.0. The second-order valence-corrected chi connectivity index (χ2v) is 7.67. The van der Waals surface area contributed by atoms with Gasteiger partial charge in [0.2, 0.25) is 0 Å². The van der Waals surface area contributed by atoms with Gasteiger partial charge in [0.25, 0.3) is 0 Å². The van der Waals surface area contributed by atoms with Gasteiger partial charge in [-0.15, -0.1) is 24.0 Å². The number of likely N-dealkylation sites (tertiary alicyclic amines) is 1. The highest BCUT2D eigenvalue weighted by Gasteiger charge is 2.16. The third-order valence-electron chi connectivity index (χ3n) is 4.67. The summed E-state index contributed by atoms with van der Waals surface area (Å²) in [6.45, 7) is 7.28. The van der Waals surface area contributed by atoms with Gasteiger partial charge in [0.15, 0.2) is 5.96 Å². The normalized spacial score (nSPS) is 16.4. The van der Waals surface area contributed by atoms with E-state index in [2.05, 4.69) is 76.3 Å². The van der Waals surface area contributed by atoms with E-state index in [4.69, 9.17) is 4.99 Å². The molecule has 6 heteroatoms. The molecule has 0 radical (unpaired) electrons. The van der Waals surface area contributed by atoms with Crippen LogP contribution >= 0.6 is 39.9 Å². The van der Waals surface area contributed by atoms with Crippen LogP contribution in [0.15, 0.2) is 33.7 Å². The van der Waals surface area contributed by atoms with E-state index in [1.54, 1.807) is 0 Å². The van der Waals surface area contributed by atoms with Crippen LogP contribution in [0.2, 0.25) is 0 Å². The van der Waals surface area contributed by atoms with Gasteiger partial charge >= 0.3 is 0 Å². The first kappa shape index (κ1) is 22.7. The Balaban J connectivity index is 0.00000312. The molecule has 0 aliphatic carbocycles. The first-order valence-corrected chi connectivity index (χ1v) is 9.80. The van der Waals surface area contributed by atoms with Crippen LogP contribution in [-0.2, 0) is 6.54 Å². The van der Waals surface area contributed by atoms with Gasteiger partial charge in [-0.25, -0.2) is 0 Å². The lowest BCUT2D eigenvalue weighted by atomic mass is 9.94. The lowest BCUT2D eigenvalue weighted by Gasteiger charge is -2.28. The number of aliphatic imine (C=N–C) groups is 1. The third kappa shape index (κ3) is 8.26. The van der Waals surface area contributed by atoms with Crippen LogP contribution < -0.4 is 5.32 Å². The summed E-state index contributed by atoms with van der Waals surface area (Å²) < 4.78 is 1.12. The predicted molar refractivity (Wildman–Crippen MR) is 122 cm³/mol. The van der Waals surface area contributed by atoms with E-state index in [9.17, 15) is 0 Å². The monoisotopic (exact) mass is 522 g/mol. The Bertz CT molecular complexity index is 513. The Morgan fingerprint density at radius 3 is 2.52 bits per heavy atom. The molecule has 142 valence electrons. The number of nitrogens with zero attached hydrogens (tertiary/aromatic N) is 3. The van der Waals surface area contributed by atoms with Crippen LogP contribution in [0.5, 0.6) is 0 Å². The van der Waals surface area contributed by atoms with Gasteiger partial charge in [0.1, 0.15) is 0 Å². The van der Waals surface area contributed by atoms with Crippen LogP contribution in [0.1, 0.15) is 31.7 Å². The lowest BCUT2D eigenvalue weighted by molar-refractivity contribution is 0.214. The first-order chi connectivity index (χ1) is 11.6. The summed E-state index contributed by atoms with van der Waals surface area (Å²) in [6, 6.07) is 8.49. The molecule has 1 aliphatic rings. The Kier molecular flexibility index (Phi) is 11.0. The van der Waals surface area contributed by atoms with Crippen molar-refractivity contribution in [1.82, 2.24) is 15.1 Å². The van der Waals surface area contributed by atoms with Crippen molar-refractivity contribution >= 4 is 45.9 Å². The van der Waals surface area contributed by atoms with Gasteiger partial charge in [0.05, 0.1) is 0 Å². The number of benzene rings is 1. The van der Waals surface area contributed by atoms with Crippen LogP contribution in [-0.4, -0.2) is 56.0 Å². The summed E-state index contributed by atoms with van der Waals surface area (Å²) in [5, 5.41) is 3.42. The maximum Gasteiger partial charge on any atom is 0.193 e. The van der Waals surface area contributed by atoms with Gasteiger partial charge in [-0.05, 0) is 69.9 Å².